The lowest BCUT2D eigenvalue weighted by atomic mass is 10.2. The van der Waals surface area contributed by atoms with E-state index in [-0.39, 0.29) is 18.1 Å². The Kier molecular flexibility index (Phi) is 8.57. The molecule has 1 amide bonds. The number of hydrogen-bond donors (Lipinski definition) is 1. The van der Waals surface area contributed by atoms with E-state index in [1.54, 1.807) is 18.2 Å². The summed E-state index contributed by atoms with van der Waals surface area (Å²) in [6, 6.07) is 4.97. The molecule has 0 saturated carbocycles. The van der Waals surface area contributed by atoms with Crippen LogP contribution in [0.3, 0.4) is 0 Å². The lowest BCUT2D eigenvalue weighted by Crippen LogP contribution is -2.29. The van der Waals surface area contributed by atoms with Crippen LogP contribution in [0, 0.1) is 0 Å². The first kappa shape index (κ1) is 18.8. The molecule has 0 radical (unpaired) electrons. The van der Waals surface area contributed by atoms with Gasteiger partial charge in [0.25, 0.3) is 5.91 Å². The van der Waals surface area contributed by atoms with E-state index in [1.807, 2.05) is 0 Å². The average Bonchev–Trinajstić information content (AvgIpc) is 2.58. The number of esters is 1. The molecule has 0 spiro atoms. The second-order valence-corrected chi connectivity index (χ2v) is 5.02. The quantitative estimate of drug-likeness (QED) is 0.529. The third kappa shape index (κ3) is 6.18. The summed E-state index contributed by atoms with van der Waals surface area (Å²) in [5, 5.41) is 2.73. The summed E-state index contributed by atoms with van der Waals surface area (Å²) in [7, 11) is 2.91. The van der Waals surface area contributed by atoms with Gasteiger partial charge in [-0.1, -0.05) is 32.3 Å². The maximum Gasteiger partial charge on any atom is 0.346 e. The number of carbonyl (C=O) groups excluding carboxylic acids is 2. The Morgan fingerprint density at radius 2 is 1.70 bits per heavy atom. The summed E-state index contributed by atoms with van der Waals surface area (Å²) >= 11 is 0. The molecular formula is C17H25NO5. The zero-order chi connectivity index (χ0) is 17.1. The first-order valence-corrected chi connectivity index (χ1v) is 7.78. The van der Waals surface area contributed by atoms with Crippen molar-refractivity contribution >= 4 is 11.9 Å². The molecule has 0 aromatic heterocycles. The highest BCUT2D eigenvalue weighted by atomic mass is 16.5. The summed E-state index contributed by atoms with van der Waals surface area (Å²) < 4.78 is 15.3. The maximum atomic E-state index is 12.2. The van der Waals surface area contributed by atoms with E-state index in [9.17, 15) is 9.59 Å². The smallest absolute Gasteiger partial charge is 0.346 e. The Labute approximate surface area is 137 Å². The Morgan fingerprint density at radius 3 is 2.26 bits per heavy atom. The third-order valence-electron chi connectivity index (χ3n) is 3.32. The number of carbonyl (C=O) groups is 2. The van der Waals surface area contributed by atoms with Crippen molar-refractivity contribution in [2.45, 2.75) is 32.6 Å². The van der Waals surface area contributed by atoms with Crippen LogP contribution >= 0.6 is 0 Å². The van der Waals surface area contributed by atoms with E-state index < -0.39 is 5.97 Å². The predicted molar refractivity (Wildman–Crippen MR) is 87.0 cm³/mol. The zero-order valence-corrected chi connectivity index (χ0v) is 14.0. The highest BCUT2D eigenvalue weighted by molar-refractivity contribution is 5.96. The summed E-state index contributed by atoms with van der Waals surface area (Å²) in [5.74, 6) is -0.284. The Balaban J connectivity index is 2.49. The van der Waals surface area contributed by atoms with Crippen LogP contribution in [0.15, 0.2) is 18.2 Å². The topological polar surface area (TPSA) is 73.9 Å². The second-order valence-electron chi connectivity index (χ2n) is 5.02. The SMILES string of the molecule is CCCCCCNC(=O)COC(=O)c1c(OC)cccc1OC. The average molecular weight is 323 g/mol. The minimum absolute atomic E-state index is 0.174. The summed E-state index contributed by atoms with van der Waals surface area (Å²) in [6.45, 7) is 2.40. The zero-order valence-electron chi connectivity index (χ0n) is 14.0. The summed E-state index contributed by atoms with van der Waals surface area (Å²) in [6.07, 6.45) is 4.30. The van der Waals surface area contributed by atoms with Crippen molar-refractivity contribution < 1.29 is 23.8 Å². The van der Waals surface area contributed by atoms with Crippen LogP contribution in [0.25, 0.3) is 0 Å². The van der Waals surface area contributed by atoms with Crippen molar-refractivity contribution in [3.05, 3.63) is 23.8 Å². The van der Waals surface area contributed by atoms with Crippen LogP contribution in [-0.4, -0.2) is 39.2 Å². The van der Waals surface area contributed by atoms with Gasteiger partial charge in [-0.25, -0.2) is 4.79 Å². The molecular weight excluding hydrogens is 298 g/mol. The van der Waals surface area contributed by atoms with Gasteiger partial charge >= 0.3 is 5.97 Å². The van der Waals surface area contributed by atoms with Gasteiger partial charge in [-0.3, -0.25) is 4.79 Å². The lowest BCUT2D eigenvalue weighted by molar-refractivity contribution is -0.124. The largest absolute Gasteiger partial charge is 0.496 e. The number of rotatable bonds is 10. The number of unbranched alkanes of at least 4 members (excludes halogenated alkanes) is 3. The first-order valence-electron chi connectivity index (χ1n) is 7.78. The van der Waals surface area contributed by atoms with Crippen molar-refractivity contribution in [3.63, 3.8) is 0 Å². The third-order valence-corrected chi connectivity index (χ3v) is 3.32. The van der Waals surface area contributed by atoms with Crippen LogP contribution in [0.1, 0.15) is 43.0 Å². The Hall–Kier alpha value is -2.24. The molecule has 1 N–H and O–H groups in total. The molecule has 0 fully saturated rings. The summed E-state index contributed by atoms with van der Waals surface area (Å²) in [5.41, 5.74) is 0.174. The minimum atomic E-state index is -0.652. The molecule has 6 heteroatoms. The molecule has 0 heterocycles. The molecule has 1 rings (SSSR count). The number of ether oxygens (including phenoxy) is 3. The van der Waals surface area contributed by atoms with Crippen molar-refractivity contribution in [1.29, 1.82) is 0 Å². The van der Waals surface area contributed by atoms with E-state index in [4.69, 9.17) is 14.2 Å². The Morgan fingerprint density at radius 1 is 1.04 bits per heavy atom. The van der Waals surface area contributed by atoms with Crippen LogP contribution in [0.2, 0.25) is 0 Å². The van der Waals surface area contributed by atoms with Gasteiger partial charge in [-0.2, -0.15) is 0 Å². The molecule has 23 heavy (non-hydrogen) atoms. The molecule has 128 valence electrons. The molecule has 0 aliphatic carbocycles. The fraction of sp³-hybridized carbons (Fsp3) is 0.529. The van der Waals surface area contributed by atoms with Gasteiger partial charge < -0.3 is 19.5 Å². The van der Waals surface area contributed by atoms with Crippen molar-refractivity contribution in [1.82, 2.24) is 5.32 Å². The van der Waals surface area contributed by atoms with E-state index in [2.05, 4.69) is 12.2 Å². The fourth-order valence-corrected chi connectivity index (χ4v) is 2.09. The molecule has 0 saturated heterocycles. The van der Waals surface area contributed by atoms with Crippen LogP contribution in [0.4, 0.5) is 0 Å². The predicted octanol–water partition coefficient (Wildman–Crippen LogP) is 2.56. The van der Waals surface area contributed by atoms with E-state index in [0.717, 1.165) is 25.7 Å². The van der Waals surface area contributed by atoms with Gasteiger partial charge in [0.2, 0.25) is 0 Å². The molecule has 0 atom stereocenters. The minimum Gasteiger partial charge on any atom is -0.496 e. The van der Waals surface area contributed by atoms with Crippen molar-refractivity contribution in [3.8, 4) is 11.5 Å². The van der Waals surface area contributed by atoms with Crippen LogP contribution in [-0.2, 0) is 9.53 Å². The van der Waals surface area contributed by atoms with E-state index in [1.165, 1.54) is 14.2 Å². The van der Waals surface area contributed by atoms with E-state index in [0.29, 0.717) is 18.0 Å². The van der Waals surface area contributed by atoms with Gasteiger partial charge in [0, 0.05) is 6.54 Å². The monoisotopic (exact) mass is 323 g/mol. The number of hydrogen-bond acceptors (Lipinski definition) is 5. The van der Waals surface area contributed by atoms with Crippen molar-refractivity contribution in [2.24, 2.45) is 0 Å². The van der Waals surface area contributed by atoms with Gasteiger partial charge in [-0.05, 0) is 18.6 Å². The fourth-order valence-electron chi connectivity index (χ4n) is 2.09. The second kappa shape index (κ2) is 10.5. The van der Waals surface area contributed by atoms with E-state index >= 15 is 0 Å². The summed E-state index contributed by atoms with van der Waals surface area (Å²) in [4.78, 5) is 23.8. The highest BCUT2D eigenvalue weighted by Crippen LogP contribution is 2.28. The van der Waals surface area contributed by atoms with Gasteiger partial charge in [0.05, 0.1) is 14.2 Å². The van der Waals surface area contributed by atoms with Crippen LogP contribution < -0.4 is 14.8 Å². The van der Waals surface area contributed by atoms with Gasteiger partial charge in [-0.15, -0.1) is 0 Å². The standard InChI is InChI=1S/C17H25NO5/c1-4-5-6-7-11-18-15(19)12-23-17(20)16-13(21-2)9-8-10-14(16)22-3/h8-10H,4-7,11-12H2,1-3H3,(H,18,19). The normalized spacial score (nSPS) is 10.0. The molecule has 0 unspecified atom stereocenters. The molecule has 0 aliphatic rings. The lowest BCUT2D eigenvalue weighted by Gasteiger charge is -2.12. The van der Waals surface area contributed by atoms with Gasteiger partial charge in [0.15, 0.2) is 6.61 Å². The Bertz CT molecular complexity index is 493. The first-order chi connectivity index (χ1) is 11.1. The molecule has 1 aromatic rings. The molecule has 0 aliphatic heterocycles. The van der Waals surface area contributed by atoms with Crippen molar-refractivity contribution in [2.75, 3.05) is 27.4 Å². The number of methoxy groups -OCH3 is 2. The molecule has 1 aromatic carbocycles. The number of nitrogens with one attached hydrogen (secondary N) is 1. The van der Waals surface area contributed by atoms with Gasteiger partial charge in [0.1, 0.15) is 17.1 Å². The molecule has 0 bridgehead atoms. The highest BCUT2D eigenvalue weighted by Gasteiger charge is 2.20. The molecule has 6 nitrogen and oxygen atoms in total. The van der Waals surface area contributed by atoms with Crippen LogP contribution in [0.5, 0.6) is 11.5 Å². The number of benzene rings is 1. The maximum absolute atomic E-state index is 12.2. The number of amides is 1.